The van der Waals surface area contributed by atoms with Crippen LogP contribution in [0.15, 0.2) is 59.6 Å². The maximum absolute atomic E-state index is 13.0. The molecule has 140 valence electrons. The van der Waals surface area contributed by atoms with Gasteiger partial charge in [-0.3, -0.25) is 0 Å². The first-order valence-electron chi connectivity index (χ1n) is 8.52. The van der Waals surface area contributed by atoms with Crippen molar-refractivity contribution in [1.82, 2.24) is 0 Å². The van der Waals surface area contributed by atoms with E-state index in [0.717, 1.165) is 0 Å². The number of esters is 2. The first-order valence-corrected chi connectivity index (χ1v) is 8.52. The number of hydrogen-bond acceptors (Lipinski definition) is 6. The molecular formula is C21H21NO5. The summed E-state index contributed by atoms with van der Waals surface area (Å²) in [5.74, 6) is -0.430. The lowest BCUT2D eigenvalue weighted by Gasteiger charge is -2.32. The van der Waals surface area contributed by atoms with Gasteiger partial charge in [-0.05, 0) is 36.4 Å². The Kier molecular flexibility index (Phi) is 4.74. The molecule has 27 heavy (non-hydrogen) atoms. The highest BCUT2D eigenvalue weighted by Gasteiger charge is 2.62. The van der Waals surface area contributed by atoms with Crippen LogP contribution in [-0.4, -0.2) is 30.5 Å². The smallest absolute Gasteiger partial charge is 0.353 e. The van der Waals surface area contributed by atoms with E-state index in [1.54, 1.807) is 82.5 Å². The zero-order valence-electron chi connectivity index (χ0n) is 15.7. The van der Waals surface area contributed by atoms with Gasteiger partial charge >= 0.3 is 11.9 Å². The first kappa shape index (κ1) is 18.6. The van der Waals surface area contributed by atoms with Gasteiger partial charge in [-0.25, -0.2) is 14.6 Å². The fourth-order valence-electron chi connectivity index (χ4n) is 2.82. The van der Waals surface area contributed by atoms with Gasteiger partial charge in [0.05, 0.1) is 7.11 Å². The zero-order valence-corrected chi connectivity index (χ0v) is 15.7. The van der Waals surface area contributed by atoms with E-state index in [-0.39, 0.29) is 5.90 Å². The summed E-state index contributed by atoms with van der Waals surface area (Å²) < 4.78 is 16.0. The molecule has 2 aromatic rings. The second-order valence-corrected chi connectivity index (χ2v) is 7.20. The zero-order chi connectivity index (χ0) is 19.7. The van der Waals surface area contributed by atoms with E-state index >= 15 is 0 Å². The minimum atomic E-state index is -1.79. The van der Waals surface area contributed by atoms with Gasteiger partial charge in [-0.1, -0.05) is 39.0 Å². The Morgan fingerprint density at radius 1 is 1.00 bits per heavy atom. The molecule has 6 heteroatoms. The molecule has 0 N–H and O–H groups in total. The van der Waals surface area contributed by atoms with Crippen LogP contribution in [0.1, 0.15) is 26.3 Å². The number of hydrogen-bond donors (Lipinski definition) is 0. The molecule has 0 saturated heterocycles. The van der Waals surface area contributed by atoms with Gasteiger partial charge in [-0.2, -0.15) is 0 Å². The lowest BCUT2D eigenvalue weighted by atomic mass is 9.74. The summed E-state index contributed by atoms with van der Waals surface area (Å²) in [4.78, 5) is 30.3. The number of rotatable bonds is 4. The van der Waals surface area contributed by atoms with Crippen LogP contribution < -0.4 is 9.47 Å². The number of ether oxygens (including phenoxy) is 3. The highest BCUT2D eigenvalue weighted by Crippen LogP contribution is 2.40. The number of carbonyl (C=O) groups is 2. The Morgan fingerprint density at radius 3 is 2.19 bits per heavy atom. The van der Waals surface area contributed by atoms with Crippen molar-refractivity contribution in [1.29, 1.82) is 0 Å². The summed E-state index contributed by atoms with van der Waals surface area (Å²) in [7, 11) is 1.56. The Labute approximate surface area is 157 Å². The van der Waals surface area contributed by atoms with E-state index in [1.165, 1.54) is 0 Å². The molecule has 0 fully saturated rings. The molecule has 0 aromatic heterocycles. The summed E-state index contributed by atoms with van der Waals surface area (Å²) in [5.41, 5.74) is -2.08. The Balaban J connectivity index is 2.01. The van der Waals surface area contributed by atoms with E-state index in [0.29, 0.717) is 17.1 Å². The SMILES string of the molecule is COc1ccc(C2=N[C@@](C(=O)Oc3ccccc3)(C(C)(C)C)C(=O)O2)cc1. The lowest BCUT2D eigenvalue weighted by Crippen LogP contribution is -2.55. The van der Waals surface area contributed by atoms with E-state index < -0.39 is 22.9 Å². The first-order chi connectivity index (χ1) is 12.8. The molecule has 0 radical (unpaired) electrons. The molecule has 1 heterocycles. The Hall–Kier alpha value is -3.15. The average Bonchev–Trinajstić information content (AvgIpc) is 3.01. The molecule has 0 aliphatic carbocycles. The summed E-state index contributed by atoms with van der Waals surface area (Å²) in [5, 5.41) is 0. The number of carbonyl (C=O) groups excluding carboxylic acids is 2. The molecule has 0 bridgehead atoms. The molecule has 3 rings (SSSR count). The van der Waals surface area contributed by atoms with Gasteiger partial charge in [0.15, 0.2) is 0 Å². The summed E-state index contributed by atoms with van der Waals surface area (Å²) >= 11 is 0. The molecule has 2 aromatic carbocycles. The Morgan fingerprint density at radius 2 is 1.63 bits per heavy atom. The number of para-hydroxylation sites is 1. The number of nitrogens with zero attached hydrogens (tertiary/aromatic N) is 1. The van der Waals surface area contributed by atoms with Crippen LogP contribution in [0.3, 0.4) is 0 Å². The standard InChI is InChI=1S/C21H21NO5/c1-20(2,3)21(18(23)26-16-8-6-5-7-9-16)19(24)27-17(22-21)14-10-12-15(25-4)13-11-14/h5-13H,1-4H3/t21-/m1/s1. The number of aliphatic imine (C=N–C) groups is 1. The molecule has 1 aliphatic heterocycles. The van der Waals surface area contributed by atoms with Gasteiger partial charge in [-0.15, -0.1) is 0 Å². The van der Waals surface area contributed by atoms with Gasteiger partial charge in [0.25, 0.3) is 5.54 Å². The van der Waals surface area contributed by atoms with Gasteiger partial charge in [0.1, 0.15) is 11.5 Å². The van der Waals surface area contributed by atoms with Crippen molar-refractivity contribution in [3.05, 3.63) is 60.2 Å². The van der Waals surface area contributed by atoms with Crippen LogP contribution in [0.4, 0.5) is 0 Å². The van der Waals surface area contributed by atoms with Crippen molar-refractivity contribution in [2.75, 3.05) is 7.11 Å². The minimum Gasteiger partial charge on any atom is -0.497 e. The van der Waals surface area contributed by atoms with Crippen molar-refractivity contribution in [3.63, 3.8) is 0 Å². The second-order valence-electron chi connectivity index (χ2n) is 7.20. The van der Waals surface area contributed by atoms with Crippen molar-refractivity contribution in [2.45, 2.75) is 26.3 Å². The number of cyclic esters (lactones) is 1. The molecular weight excluding hydrogens is 346 g/mol. The number of benzene rings is 2. The molecule has 0 spiro atoms. The maximum Gasteiger partial charge on any atom is 0.353 e. The van der Waals surface area contributed by atoms with Crippen LogP contribution >= 0.6 is 0 Å². The molecule has 0 amide bonds. The highest BCUT2D eigenvalue weighted by molar-refractivity contribution is 6.18. The van der Waals surface area contributed by atoms with E-state index in [9.17, 15) is 9.59 Å². The van der Waals surface area contributed by atoms with Crippen LogP contribution in [0, 0.1) is 5.41 Å². The fourth-order valence-corrected chi connectivity index (χ4v) is 2.82. The topological polar surface area (TPSA) is 74.2 Å². The molecule has 6 nitrogen and oxygen atoms in total. The third-order valence-corrected chi connectivity index (χ3v) is 4.43. The minimum absolute atomic E-state index is 0.0857. The summed E-state index contributed by atoms with van der Waals surface area (Å²) in [6.07, 6.45) is 0. The monoisotopic (exact) mass is 367 g/mol. The second kappa shape index (κ2) is 6.87. The predicted molar refractivity (Wildman–Crippen MR) is 99.9 cm³/mol. The van der Waals surface area contributed by atoms with E-state index in [2.05, 4.69) is 4.99 Å². The fraction of sp³-hybridized carbons (Fsp3) is 0.286. The molecule has 0 unspecified atom stereocenters. The predicted octanol–water partition coefficient (Wildman–Crippen LogP) is 3.39. The van der Waals surface area contributed by atoms with Gasteiger partial charge in [0.2, 0.25) is 5.90 Å². The van der Waals surface area contributed by atoms with Crippen LogP contribution in [0.2, 0.25) is 0 Å². The summed E-state index contributed by atoms with van der Waals surface area (Å²) in [6.45, 7) is 5.25. The van der Waals surface area contributed by atoms with E-state index in [4.69, 9.17) is 14.2 Å². The largest absolute Gasteiger partial charge is 0.497 e. The summed E-state index contributed by atoms with van der Waals surface area (Å²) in [6, 6.07) is 15.5. The van der Waals surface area contributed by atoms with Crippen LogP contribution in [0.25, 0.3) is 0 Å². The molecule has 1 atom stereocenters. The normalized spacial score (nSPS) is 19.3. The highest BCUT2D eigenvalue weighted by atomic mass is 16.6. The third kappa shape index (κ3) is 3.30. The average molecular weight is 367 g/mol. The maximum atomic E-state index is 13.0. The molecule has 1 aliphatic rings. The number of methoxy groups -OCH3 is 1. The van der Waals surface area contributed by atoms with Crippen molar-refractivity contribution >= 4 is 17.8 Å². The van der Waals surface area contributed by atoms with Crippen molar-refractivity contribution < 1.29 is 23.8 Å². The van der Waals surface area contributed by atoms with Crippen molar-refractivity contribution in [2.24, 2.45) is 10.4 Å². The van der Waals surface area contributed by atoms with Crippen LogP contribution in [-0.2, 0) is 14.3 Å². The molecule has 0 saturated carbocycles. The lowest BCUT2D eigenvalue weighted by molar-refractivity contribution is -0.157. The van der Waals surface area contributed by atoms with Gasteiger partial charge in [0, 0.05) is 11.0 Å². The van der Waals surface area contributed by atoms with Crippen LogP contribution in [0.5, 0.6) is 11.5 Å². The van der Waals surface area contributed by atoms with Crippen molar-refractivity contribution in [3.8, 4) is 11.5 Å². The van der Waals surface area contributed by atoms with E-state index in [1.807, 2.05) is 0 Å². The van der Waals surface area contributed by atoms with Gasteiger partial charge < -0.3 is 14.2 Å². The Bertz CT molecular complexity index is 881. The quantitative estimate of drug-likeness (QED) is 0.470. The third-order valence-electron chi connectivity index (χ3n) is 4.43.